The van der Waals surface area contributed by atoms with Crippen LogP contribution in [-0.4, -0.2) is 56.5 Å². The standard InChI is InChI=1S/C26H32F2N6O2/c1-16(2)17-3-5-19(6-4-17)34-11-18(23(31-34)24(27)28)9-21(35)20-10-29-33-8-7-22(30-25(20)33)32-12-26(13-32)14-36-15-26/h7-8,10-11,16-17,19,24H,3-6,9,12-15H2,1-2H3. The molecule has 10 heteroatoms. The molecule has 0 atom stereocenters. The Morgan fingerprint density at radius 3 is 2.58 bits per heavy atom. The summed E-state index contributed by atoms with van der Waals surface area (Å²) in [6, 6.07) is 1.98. The van der Waals surface area contributed by atoms with Crippen LogP contribution in [0.1, 0.15) is 73.6 Å². The number of hydrogen-bond acceptors (Lipinski definition) is 6. The number of carbonyl (C=O) groups is 1. The highest BCUT2D eigenvalue weighted by Gasteiger charge is 2.49. The van der Waals surface area contributed by atoms with Crippen molar-refractivity contribution in [1.29, 1.82) is 0 Å². The molecule has 1 saturated carbocycles. The normalized spacial score (nSPS) is 23.4. The van der Waals surface area contributed by atoms with Gasteiger partial charge in [0.05, 0.1) is 36.4 Å². The highest BCUT2D eigenvalue weighted by Crippen LogP contribution is 2.40. The third-order valence-corrected chi connectivity index (χ3v) is 8.30. The van der Waals surface area contributed by atoms with Crippen molar-refractivity contribution >= 4 is 17.2 Å². The van der Waals surface area contributed by atoms with E-state index in [9.17, 15) is 13.6 Å². The van der Waals surface area contributed by atoms with E-state index in [-0.39, 0.29) is 34.9 Å². The van der Waals surface area contributed by atoms with E-state index in [1.54, 1.807) is 21.6 Å². The van der Waals surface area contributed by atoms with Crippen LogP contribution < -0.4 is 4.90 Å². The number of halogens is 2. The molecule has 1 spiro atoms. The number of hydrogen-bond donors (Lipinski definition) is 0. The second kappa shape index (κ2) is 8.90. The molecule has 6 rings (SSSR count). The first-order chi connectivity index (χ1) is 17.3. The molecular weight excluding hydrogens is 466 g/mol. The lowest BCUT2D eigenvalue weighted by Crippen LogP contribution is -2.66. The Balaban J connectivity index is 1.20. The summed E-state index contributed by atoms with van der Waals surface area (Å²) in [5.41, 5.74) is 1.01. The number of carbonyl (C=O) groups excluding carboxylic acids is 1. The predicted octanol–water partition coefficient (Wildman–Crippen LogP) is 4.51. The van der Waals surface area contributed by atoms with Crippen LogP contribution in [0.15, 0.2) is 24.7 Å². The van der Waals surface area contributed by atoms with E-state index >= 15 is 0 Å². The van der Waals surface area contributed by atoms with Crippen molar-refractivity contribution in [3.63, 3.8) is 0 Å². The number of Topliss-reactive ketones (excluding diaryl/α,β-unsaturated/α-hetero) is 1. The van der Waals surface area contributed by atoms with E-state index in [1.165, 1.54) is 6.20 Å². The average Bonchev–Trinajstić information content (AvgIpc) is 3.41. The van der Waals surface area contributed by atoms with Gasteiger partial charge in [-0.1, -0.05) is 13.8 Å². The summed E-state index contributed by atoms with van der Waals surface area (Å²) >= 11 is 0. The van der Waals surface area contributed by atoms with Gasteiger partial charge in [-0.05, 0) is 43.6 Å². The fraction of sp³-hybridized carbons (Fsp3) is 0.615. The van der Waals surface area contributed by atoms with Gasteiger partial charge in [0.2, 0.25) is 0 Å². The van der Waals surface area contributed by atoms with Crippen LogP contribution in [0, 0.1) is 17.3 Å². The number of ketones is 1. The highest BCUT2D eigenvalue weighted by molar-refractivity contribution is 6.02. The minimum absolute atomic E-state index is 0.100. The number of nitrogens with zero attached hydrogens (tertiary/aromatic N) is 6. The van der Waals surface area contributed by atoms with Crippen LogP contribution in [0.3, 0.4) is 0 Å². The van der Waals surface area contributed by atoms with Crippen LogP contribution in [0.25, 0.3) is 5.65 Å². The second-order valence-electron chi connectivity index (χ2n) is 11.2. The van der Waals surface area contributed by atoms with E-state index < -0.39 is 6.43 Å². The summed E-state index contributed by atoms with van der Waals surface area (Å²) in [7, 11) is 0. The fourth-order valence-corrected chi connectivity index (χ4v) is 5.98. The summed E-state index contributed by atoms with van der Waals surface area (Å²) in [5, 5.41) is 8.51. The Morgan fingerprint density at radius 1 is 1.19 bits per heavy atom. The van der Waals surface area contributed by atoms with Gasteiger partial charge in [0, 0.05) is 37.5 Å². The molecule has 0 radical (unpaired) electrons. The summed E-state index contributed by atoms with van der Waals surface area (Å²) in [6.07, 6.45) is 6.02. The van der Waals surface area contributed by atoms with Gasteiger partial charge in [0.1, 0.15) is 11.5 Å². The van der Waals surface area contributed by atoms with Gasteiger partial charge in [0.15, 0.2) is 11.4 Å². The summed E-state index contributed by atoms with van der Waals surface area (Å²) in [4.78, 5) is 20.1. The van der Waals surface area contributed by atoms with Crippen LogP contribution in [-0.2, 0) is 11.2 Å². The molecule has 0 N–H and O–H groups in total. The molecule has 3 fully saturated rings. The number of rotatable bonds is 7. The number of fused-ring (bicyclic) bond motifs is 1. The smallest absolute Gasteiger partial charge is 0.282 e. The Morgan fingerprint density at radius 2 is 1.94 bits per heavy atom. The average molecular weight is 499 g/mol. The quantitative estimate of drug-likeness (QED) is 0.446. The predicted molar refractivity (Wildman–Crippen MR) is 130 cm³/mol. The van der Waals surface area contributed by atoms with Crippen molar-refractivity contribution in [3.05, 3.63) is 41.5 Å². The van der Waals surface area contributed by atoms with Gasteiger partial charge in [0.25, 0.3) is 6.43 Å². The van der Waals surface area contributed by atoms with Crippen LogP contribution in [0.4, 0.5) is 14.6 Å². The van der Waals surface area contributed by atoms with Gasteiger partial charge in [-0.15, -0.1) is 0 Å². The van der Waals surface area contributed by atoms with Crippen molar-refractivity contribution in [1.82, 2.24) is 24.4 Å². The third-order valence-electron chi connectivity index (χ3n) is 8.30. The molecule has 3 aromatic heterocycles. The lowest BCUT2D eigenvalue weighted by atomic mass is 9.78. The summed E-state index contributed by atoms with van der Waals surface area (Å²) in [5.74, 6) is 1.80. The van der Waals surface area contributed by atoms with E-state index in [2.05, 4.69) is 28.9 Å². The second-order valence-corrected chi connectivity index (χ2v) is 11.2. The van der Waals surface area contributed by atoms with Crippen molar-refractivity contribution in [2.24, 2.45) is 17.3 Å². The zero-order chi connectivity index (χ0) is 25.0. The van der Waals surface area contributed by atoms with Crippen molar-refractivity contribution in [2.45, 2.75) is 58.4 Å². The monoisotopic (exact) mass is 498 g/mol. The molecule has 1 aliphatic carbocycles. The summed E-state index contributed by atoms with van der Waals surface area (Å²) < 4.78 is 36.3. The molecule has 36 heavy (non-hydrogen) atoms. The number of alkyl halides is 2. The zero-order valence-electron chi connectivity index (χ0n) is 20.7. The molecule has 192 valence electrons. The molecular formula is C26H32F2N6O2. The van der Waals surface area contributed by atoms with Crippen molar-refractivity contribution in [3.8, 4) is 0 Å². The first-order valence-electron chi connectivity index (χ1n) is 12.9. The minimum atomic E-state index is -2.73. The Labute approximate surface area is 208 Å². The number of aromatic nitrogens is 5. The van der Waals surface area contributed by atoms with Crippen LogP contribution in [0.5, 0.6) is 0 Å². The van der Waals surface area contributed by atoms with E-state index in [4.69, 9.17) is 9.72 Å². The Kier molecular flexibility index (Phi) is 5.81. The molecule has 0 bridgehead atoms. The first-order valence-corrected chi connectivity index (χ1v) is 12.9. The highest BCUT2D eigenvalue weighted by atomic mass is 19.3. The van der Waals surface area contributed by atoms with Gasteiger partial charge < -0.3 is 9.64 Å². The van der Waals surface area contributed by atoms with Gasteiger partial charge in [-0.2, -0.15) is 10.2 Å². The largest absolute Gasteiger partial charge is 0.380 e. The minimum Gasteiger partial charge on any atom is -0.380 e. The van der Waals surface area contributed by atoms with Crippen molar-refractivity contribution < 1.29 is 18.3 Å². The molecule has 0 aromatic carbocycles. The van der Waals surface area contributed by atoms with Crippen LogP contribution >= 0.6 is 0 Å². The first kappa shape index (κ1) is 23.5. The van der Waals surface area contributed by atoms with Gasteiger partial charge in [-0.25, -0.2) is 18.3 Å². The topological polar surface area (TPSA) is 77.5 Å². The Hall–Kier alpha value is -2.88. The lowest BCUT2D eigenvalue weighted by Gasteiger charge is -2.55. The van der Waals surface area contributed by atoms with Crippen molar-refractivity contribution in [2.75, 3.05) is 31.2 Å². The number of ether oxygens (including phenoxy) is 1. The van der Waals surface area contributed by atoms with E-state index in [0.29, 0.717) is 23.0 Å². The fourth-order valence-electron chi connectivity index (χ4n) is 5.98. The van der Waals surface area contributed by atoms with Gasteiger partial charge in [-0.3, -0.25) is 9.48 Å². The molecule has 0 unspecified atom stereocenters. The number of anilines is 1. The molecule has 2 saturated heterocycles. The maximum absolute atomic E-state index is 13.9. The van der Waals surface area contributed by atoms with Gasteiger partial charge >= 0.3 is 0 Å². The molecule has 8 nitrogen and oxygen atoms in total. The van der Waals surface area contributed by atoms with E-state index in [0.717, 1.165) is 57.8 Å². The Bertz CT molecular complexity index is 1260. The molecule has 3 aliphatic rings. The lowest BCUT2D eigenvalue weighted by molar-refractivity contribution is -0.127. The molecule has 2 aliphatic heterocycles. The molecule has 3 aromatic rings. The van der Waals surface area contributed by atoms with E-state index in [1.807, 2.05) is 6.07 Å². The summed E-state index contributed by atoms with van der Waals surface area (Å²) in [6.45, 7) is 7.79. The zero-order valence-corrected chi connectivity index (χ0v) is 20.7. The maximum atomic E-state index is 13.9. The third kappa shape index (κ3) is 4.09. The molecule has 0 amide bonds. The molecule has 5 heterocycles. The SMILES string of the molecule is CC(C)C1CCC(n2cc(CC(=O)c3cnn4ccc(N5CC6(COC6)C5)nc34)c(C(F)F)n2)CC1. The maximum Gasteiger partial charge on any atom is 0.282 e. The van der Waals surface area contributed by atoms with Crippen LogP contribution in [0.2, 0.25) is 0 Å².